The number of rotatable bonds is 4. The predicted molar refractivity (Wildman–Crippen MR) is 87.5 cm³/mol. The number of carbonyl (C=O) groups is 2. The lowest BCUT2D eigenvalue weighted by Crippen LogP contribution is -2.27. The molecule has 0 fully saturated rings. The lowest BCUT2D eigenvalue weighted by Gasteiger charge is -2.19. The largest absolute Gasteiger partial charge is 0.478 e. The van der Waals surface area contributed by atoms with Crippen LogP contribution in [0, 0.1) is 11.6 Å². The number of nitrogens with one attached hydrogen (secondary N) is 1. The summed E-state index contributed by atoms with van der Waals surface area (Å²) in [5.41, 5.74) is -1.07. The second kappa shape index (κ2) is 7.34. The van der Waals surface area contributed by atoms with E-state index >= 15 is 0 Å². The van der Waals surface area contributed by atoms with E-state index in [2.05, 4.69) is 10.3 Å². The minimum absolute atomic E-state index is 0.176. The van der Waals surface area contributed by atoms with Crippen LogP contribution in [0.5, 0.6) is 11.5 Å². The molecule has 2 rings (SSSR count). The molecule has 9 heteroatoms. The summed E-state index contributed by atoms with van der Waals surface area (Å²) in [4.78, 5) is 26.4. The highest BCUT2D eigenvalue weighted by Crippen LogP contribution is 2.28. The molecule has 26 heavy (non-hydrogen) atoms. The van der Waals surface area contributed by atoms with E-state index in [0.717, 1.165) is 30.5 Å². The Bertz CT molecular complexity index is 850. The number of carboxylic acids is 1. The van der Waals surface area contributed by atoms with Gasteiger partial charge < -0.3 is 14.6 Å². The molecule has 0 atom stereocenters. The molecule has 2 aromatic rings. The Labute approximate surface area is 147 Å². The molecular weight excluding hydrogens is 350 g/mol. The molecule has 138 valence electrons. The van der Waals surface area contributed by atoms with Gasteiger partial charge in [0.05, 0.1) is 6.20 Å². The molecule has 1 aromatic carbocycles. The average molecular weight is 366 g/mol. The zero-order valence-corrected chi connectivity index (χ0v) is 14.2. The molecular formula is C17H16F2N2O5. The van der Waals surface area contributed by atoms with Crippen molar-refractivity contribution in [2.24, 2.45) is 0 Å². The van der Waals surface area contributed by atoms with Crippen LogP contribution in [0.1, 0.15) is 31.1 Å². The van der Waals surface area contributed by atoms with Crippen LogP contribution in [0.4, 0.5) is 19.4 Å². The predicted octanol–water partition coefficient (Wildman–Crippen LogP) is 4.20. The molecule has 0 unspecified atom stereocenters. The van der Waals surface area contributed by atoms with Crippen molar-refractivity contribution in [3.8, 4) is 11.5 Å². The highest BCUT2D eigenvalue weighted by Gasteiger charge is 2.19. The summed E-state index contributed by atoms with van der Waals surface area (Å²) in [6.45, 7) is 4.94. The van der Waals surface area contributed by atoms with Crippen molar-refractivity contribution in [1.82, 2.24) is 4.98 Å². The molecule has 0 bridgehead atoms. The summed E-state index contributed by atoms with van der Waals surface area (Å²) < 4.78 is 37.6. The van der Waals surface area contributed by atoms with Gasteiger partial charge in [0.25, 0.3) is 0 Å². The third-order valence-corrected chi connectivity index (χ3v) is 2.84. The molecule has 2 N–H and O–H groups in total. The minimum atomic E-state index is -1.34. The molecule has 1 aromatic heterocycles. The number of hydrogen-bond donors (Lipinski definition) is 2. The third-order valence-electron chi connectivity index (χ3n) is 2.84. The maximum absolute atomic E-state index is 14.1. The van der Waals surface area contributed by atoms with Gasteiger partial charge in [0, 0.05) is 12.1 Å². The molecule has 1 amide bonds. The highest BCUT2D eigenvalue weighted by atomic mass is 19.1. The average Bonchev–Trinajstić information content (AvgIpc) is 2.48. The summed E-state index contributed by atoms with van der Waals surface area (Å²) in [7, 11) is 0. The first-order valence-corrected chi connectivity index (χ1v) is 7.41. The van der Waals surface area contributed by atoms with E-state index in [1.54, 1.807) is 20.8 Å². The number of amides is 1. The van der Waals surface area contributed by atoms with Gasteiger partial charge in [0.1, 0.15) is 28.5 Å². The van der Waals surface area contributed by atoms with Crippen molar-refractivity contribution >= 4 is 17.9 Å². The summed E-state index contributed by atoms with van der Waals surface area (Å²) in [5, 5.41) is 11.2. The van der Waals surface area contributed by atoms with Gasteiger partial charge in [-0.05, 0) is 32.9 Å². The molecule has 7 nitrogen and oxygen atoms in total. The number of anilines is 1. The summed E-state index contributed by atoms with van der Waals surface area (Å²) >= 11 is 0. The summed E-state index contributed by atoms with van der Waals surface area (Å²) in [5.74, 6) is -3.89. The second-order valence-electron chi connectivity index (χ2n) is 6.18. The number of hydrogen-bond acceptors (Lipinski definition) is 5. The van der Waals surface area contributed by atoms with Gasteiger partial charge >= 0.3 is 12.1 Å². The third kappa shape index (κ3) is 5.13. The number of carbonyl (C=O) groups excluding carboxylic acids is 1. The first-order chi connectivity index (χ1) is 12.0. The number of halogens is 2. The van der Waals surface area contributed by atoms with E-state index in [4.69, 9.17) is 14.6 Å². The van der Waals surface area contributed by atoms with E-state index in [-0.39, 0.29) is 17.1 Å². The van der Waals surface area contributed by atoms with Gasteiger partial charge in [-0.2, -0.15) is 0 Å². The summed E-state index contributed by atoms with van der Waals surface area (Å²) in [6.07, 6.45) is 0.155. The fourth-order valence-electron chi connectivity index (χ4n) is 1.85. The van der Waals surface area contributed by atoms with Crippen molar-refractivity contribution in [3.05, 3.63) is 47.7 Å². The Balaban J connectivity index is 2.19. The van der Waals surface area contributed by atoms with Gasteiger partial charge in [0.2, 0.25) is 0 Å². The fourth-order valence-corrected chi connectivity index (χ4v) is 1.85. The maximum atomic E-state index is 14.1. The monoisotopic (exact) mass is 366 g/mol. The van der Waals surface area contributed by atoms with Crippen LogP contribution in [-0.2, 0) is 4.74 Å². The lowest BCUT2D eigenvalue weighted by molar-refractivity contribution is 0.0632. The molecule has 1 heterocycles. The van der Waals surface area contributed by atoms with E-state index in [9.17, 15) is 18.4 Å². The van der Waals surface area contributed by atoms with Crippen LogP contribution in [0.2, 0.25) is 0 Å². The van der Waals surface area contributed by atoms with Crippen LogP contribution in [-0.4, -0.2) is 27.8 Å². The van der Waals surface area contributed by atoms with Crippen LogP contribution in [0.25, 0.3) is 0 Å². The van der Waals surface area contributed by atoms with E-state index < -0.39 is 35.1 Å². The SMILES string of the molecule is CC(C)(C)OC(=O)Nc1ncc(Oc2cc(F)ccc2C(=O)O)cc1F. The summed E-state index contributed by atoms with van der Waals surface area (Å²) in [6, 6.07) is 3.71. The van der Waals surface area contributed by atoms with Crippen molar-refractivity contribution in [2.75, 3.05) is 5.32 Å². The number of ether oxygens (including phenoxy) is 2. The van der Waals surface area contributed by atoms with Crippen LogP contribution in [0.3, 0.4) is 0 Å². The lowest BCUT2D eigenvalue weighted by atomic mass is 10.2. The van der Waals surface area contributed by atoms with E-state index in [1.165, 1.54) is 0 Å². The van der Waals surface area contributed by atoms with Crippen molar-refractivity contribution < 1.29 is 33.0 Å². The Morgan fingerprint density at radius 2 is 1.88 bits per heavy atom. The molecule has 0 spiro atoms. The molecule has 0 aliphatic heterocycles. The smallest absolute Gasteiger partial charge is 0.413 e. The number of carboxylic acid groups (broad SMARTS) is 1. The highest BCUT2D eigenvalue weighted by molar-refractivity contribution is 5.91. The number of benzene rings is 1. The minimum Gasteiger partial charge on any atom is -0.478 e. The standard InChI is InChI=1S/C17H16F2N2O5/c1-17(2,3)26-16(24)21-14-12(19)7-10(8-20-14)25-13-6-9(18)4-5-11(13)15(22)23/h4-8H,1-3H3,(H,22,23)(H,20,21,24). The molecule has 0 radical (unpaired) electrons. The second-order valence-corrected chi connectivity index (χ2v) is 6.18. The van der Waals surface area contributed by atoms with E-state index in [0.29, 0.717) is 0 Å². The van der Waals surface area contributed by atoms with Gasteiger partial charge in [0.15, 0.2) is 11.6 Å². The zero-order valence-electron chi connectivity index (χ0n) is 14.2. The Hall–Kier alpha value is -3.23. The van der Waals surface area contributed by atoms with Crippen molar-refractivity contribution in [2.45, 2.75) is 26.4 Å². The van der Waals surface area contributed by atoms with Crippen molar-refractivity contribution in [3.63, 3.8) is 0 Å². The quantitative estimate of drug-likeness (QED) is 0.842. The number of aromatic carboxylic acids is 1. The molecule has 0 saturated carbocycles. The van der Waals surface area contributed by atoms with Crippen LogP contribution in [0.15, 0.2) is 30.5 Å². The van der Waals surface area contributed by atoms with Crippen LogP contribution >= 0.6 is 0 Å². The van der Waals surface area contributed by atoms with Gasteiger partial charge in [-0.1, -0.05) is 0 Å². The van der Waals surface area contributed by atoms with Gasteiger partial charge in [-0.25, -0.2) is 23.4 Å². The fraction of sp³-hybridized carbons (Fsp3) is 0.235. The van der Waals surface area contributed by atoms with Crippen LogP contribution < -0.4 is 10.1 Å². The van der Waals surface area contributed by atoms with Gasteiger partial charge in [-0.15, -0.1) is 0 Å². The zero-order chi connectivity index (χ0) is 19.5. The van der Waals surface area contributed by atoms with E-state index in [1.807, 2.05) is 0 Å². The van der Waals surface area contributed by atoms with Crippen molar-refractivity contribution in [1.29, 1.82) is 0 Å². The Morgan fingerprint density at radius 3 is 2.46 bits per heavy atom. The topological polar surface area (TPSA) is 97.8 Å². The molecule has 0 aliphatic carbocycles. The first-order valence-electron chi connectivity index (χ1n) is 7.41. The number of pyridine rings is 1. The van der Waals surface area contributed by atoms with Gasteiger partial charge in [-0.3, -0.25) is 5.32 Å². The molecule has 0 aliphatic rings. The Morgan fingerprint density at radius 1 is 1.19 bits per heavy atom. The Kier molecular flexibility index (Phi) is 5.39. The first kappa shape index (κ1) is 19.1. The normalized spacial score (nSPS) is 11.0. The number of aromatic nitrogens is 1. The maximum Gasteiger partial charge on any atom is 0.413 e. The number of nitrogens with zero attached hydrogens (tertiary/aromatic N) is 1. The molecule has 0 saturated heterocycles.